The second-order valence-electron chi connectivity index (χ2n) is 7.11. The van der Waals surface area contributed by atoms with E-state index < -0.39 is 5.97 Å². The third-order valence-electron chi connectivity index (χ3n) is 4.69. The Morgan fingerprint density at radius 3 is 1.85 bits per heavy atom. The first-order valence-electron chi connectivity index (χ1n) is 10.5. The molecular formula is C23H37NO2. The van der Waals surface area contributed by atoms with Gasteiger partial charge in [0.25, 0.3) is 0 Å². The van der Waals surface area contributed by atoms with Crippen LogP contribution in [0.25, 0.3) is 6.08 Å². The Hall–Kier alpha value is -1.77. The van der Waals surface area contributed by atoms with Gasteiger partial charge in [-0.2, -0.15) is 0 Å². The molecule has 3 nitrogen and oxygen atoms in total. The first-order chi connectivity index (χ1) is 12.7. The van der Waals surface area contributed by atoms with Crippen molar-refractivity contribution in [3.8, 4) is 0 Å². The van der Waals surface area contributed by atoms with Crippen LogP contribution in [0.4, 0.5) is 5.69 Å². The van der Waals surface area contributed by atoms with Crippen LogP contribution in [-0.2, 0) is 4.79 Å². The van der Waals surface area contributed by atoms with Crippen LogP contribution >= 0.6 is 0 Å². The fourth-order valence-electron chi connectivity index (χ4n) is 3.08. The van der Waals surface area contributed by atoms with E-state index in [1.165, 1.54) is 77.0 Å². The second-order valence-corrected chi connectivity index (χ2v) is 7.11. The van der Waals surface area contributed by atoms with Gasteiger partial charge in [-0.15, -0.1) is 0 Å². The van der Waals surface area contributed by atoms with Crippen molar-refractivity contribution in [2.45, 2.75) is 84.0 Å². The maximum Gasteiger partial charge on any atom is 0.328 e. The number of hydrogen-bond donors (Lipinski definition) is 2. The van der Waals surface area contributed by atoms with Gasteiger partial charge in [0.2, 0.25) is 0 Å². The minimum atomic E-state index is -0.917. The Morgan fingerprint density at radius 2 is 1.35 bits per heavy atom. The predicted octanol–water partition coefficient (Wildman–Crippen LogP) is 6.90. The largest absolute Gasteiger partial charge is 0.478 e. The summed E-state index contributed by atoms with van der Waals surface area (Å²) in [5.41, 5.74) is 2.00. The molecule has 0 unspecified atom stereocenters. The zero-order valence-corrected chi connectivity index (χ0v) is 16.5. The molecular weight excluding hydrogens is 322 g/mol. The Balaban J connectivity index is 1.93. The first-order valence-corrected chi connectivity index (χ1v) is 10.5. The average Bonchev–Trinajstić information content (AvgIpc) is 2.64. The molecule has 0 aromatic heterocycles. The number of hydrogen-bond acceptors (Lipinski definition) is 2. The number of benzene rings is 1. The van der Waals surface area contributed by atoms with Gasteiger partial charge in [-0.25, -0.2) is 4.79 Å². The van der Waals surface area contributed by atoms with Gasteiger partial charge in [-0.1, -0.05) is 89.7 Å². The maximum absolute atomic E-state index is 10.5. The van der Waals surface area contributed by atoms with E-state index >= 15 is 0 Å². The van der Waals surface area contributed by atoms with Crippen LogP contribution in [0.2, 0.25) is 0 Å². The van der Waals surface area contributed by atoms with Gasteiger partial charge < -0.3 is 10.4 Å². The lowest BCUT2D eigenvalue weighted by molar-refractivity contribution is -0.131. The van der Waals surface area contributed by atoms with Crippen LogP contribution < -0.4 is 5.32 Å². The summed E-state index contributed by atoms with van der Waals surface area (Å²) in [4.78, 5) is 10.5. The third kappa shape index (κ3) is 12.6. The monoisotopic (exact) mass is 359 g/mol. The van der Waals surface area contributed by atoms with E-state index in [0.29, 0.717) is 0 Å². The molecule has 0 aliphatic heterocycles. The van der Waals surface area contributed by atoms with Gasteiger partial charge >= 0.3 is 5.97 Å². The lowest BCUT2D eigenvalue weighted by Gasteiger charge is -2.07. The van der Waals surface area contributed by atoms with Crippen LogP contribution in [-0.4, -0.2) is 17.6 Å². The lowest BCUT2D eigenvalue weighted by Crippen LogP contribution is -2.01. The number of rotatable bonds is 16. The fraction of sp³-hybridized carbons (Fsp3) is 0.609. The molecule has 0 aliphatic carbocycles. The molecule has 0 atom stereocenters. The van der Waals surface area contributed by atoms with Gasteiger partial charge in [0.05, 0.1) is 0 Å². The second kappa shape index (κ2) is 15.5. The number of carboxylic acids is 1. The van der Waals surface area contributed by atoms with Gasteiger partial charge in [-0.05, 0) is 30.2 Å². The van der Waals surface area contributed by atoms with E-state index in [4.69, 9.17) is 5.11 Å². The quantitative estimate of drug-likeness (QED) is 0.249. The van der Waals surface area contributed by atoms with Crippen LogP contribution in [0.15, 0.2) is 30.3 Å². The maximum atomic E-state index is 10.5. The van der Waals surface area contributed by atoms with Crippen LogP contribution in [0.1, 0.15) is 89.5 Å². The molecule has 26 heavy (non-hydrogen) atoms. The Kier molecular flexibility index (Phi) is 13.3. The SMILES string of the molecule is CCCCCCCCCCCCCCNc1ccc(/C=C/C(=O)O)cc1. The molecule has 0 fully saturated rings. The Labute approximate surface area is 159 Å². The van der Waals surface area contributed by atoms with Gasteiger partial charge in [0, 0.05) is 18.3 Å². The Morgan fingerprint density at radius 1 is 0.846 bits per heavy atom. The van der Waals surface area contributed by atoms with E-state index in [-0.39, 0.29) is 0 Å². The fourth-order valence-corrected chi connectivity index (χ4v) is 3.08. The molecule has 1 aromatic carbocycles. The highest BCUT2D eigenvalue weighted by atomic mass is 16.4. The molecule has 0 bridgehead atoms. The number of nitrogens with one attached hydrogen (secondary N) is 1. The minimum absolute atomic E-state index is 0.906. The molecule has 0 saturated carbocycles. The molecule has 0 spiro atoms. The van der Waals surface area contributed by atoms with Crippen molar-refractivity contribution in [3.05, 3.63) is 35.9 Å². The number of aliphatic carboxylic acids is 1. The summed E-state index contributed by atoms with van der Waals surface area (Å²) in [6.07, 6.45) is 19.2. The van der Waals surface area contributed by atoms with E-state index in [1.807, 2.05) is 24.3 Å². The van der Waals surface area contributed by atoms with E-state index in [1.54, 1.807) is 6.08 Å². The van der Waals surface area contributed by atoms with Crippen molar-refractivity contribution < 1.29 is 9.90 Å². The molecule has 0 amide bonds. The predicted molar refractivity (Wildman–Crippen MR) is 113 cm³/mol. The highest BCUT2D eigenvalue weighted by Crippen LogP contribution is 2.13. The summed E-state index contributed by atoms with van der Waals surface area (Å²) in [5, 5.41) is 12.0. The van der Waals surface area contributed by atoms with Crippen LogP contribution in [0.3, 0.4) is 0 Å². The smallest absolute Gasteiger partial charge is 0.328 e. The molecule has 1 aromatic rings. The van der Waals surface area contributed by atoms with Crippen LogP contribution in [0.5, 0.6) is 0 Å². The molecule has 0 aliphatic rings. The molecule has 3 heteroatoms. The van der Waals surface area contributed by atoms with Crippen LogP contribution in [0, 0.1) is 0 Å². The normalized spacial score (nSPS) is 11.1. The number of carboxylic acid groups (broad SMARTS) is 1. The summed E-state index contributed by atoms with van der Waals surface area (Å²) >= 11 is 0. The van der Waals surface area contributed by atoms with Gasteiger partial charge in [0.15, 0.2) is 0 Å². The molecule has 0 saturated heterocycles. The van der Waals surface area contributed by atoms with Crippen molar-refractivity contribution in [1.29, 1.82) is 0 Å². The summed E-state index contributed by atoms with van der Waals surface area (Å²) < 4.78 is 0. The van der Waals surface area contributed by atoms with E-state index in [2.05, 4.69) is 12.2 Å². The molecule has 0 heterocycles. The standard InChI is InChI=1S/C23H37NO2/c1-2-3-4-5-6-7-8-9-10-11-12-13-20-24-22-17-14-21(15-18-22)16-19-23(25)26/h14-19,24H,2-13,20H2,1H3,(H,25,26)/b19-16+. The summed E-state index contributed by atoms with van der Waals surface area (Å²) in [5.74, 6) is -0.917. The highest BCUT2D eigenvalue weighted by Gasteiger charge is 1.95. The van der Waals surface area contributed by atoms with Crippen molar-refractivity contribution >= 4 is 17.7 Å². The first kappa shape index (κ1) is 22.3. The molecule has 2 N–H and O–H groups in total. The Bertz CT molecular complexity index is 493. The van der Waals surface area contributed by atoms with E-state index in [0.717, 1.165) is 23.9 Å². The highest BCUT2D eigenvalue weighted by molar-refractivity contribution is 5.85. The van der Waals surface area contributed by atoms with Crippen molar-refractivity contribution in [3.63, 3.8) is 0 Å². The summed E-state index contributed by atoms with van der Waals surface area (Å²) in [7, 11) is 0. The van der Waals surface area contributed by atoms with Crippen molar-refractivity contribution in [1.82, 2.24) is 0 Å². The topological polar surface area (TPSA) is 49.3 Å². The summed E-state index contributed by atoms with van der Waals surface area (Å²) in [6.45, 7) is 3.27. The number of carbonyl (C=O) groups is 1. The summed E-state index contributed by atoms with van der Waals surface area (Å²) in [6, 6.07) is 7.87. The van der Waals surface area contributed by atoms with Gasteiger partial charge in [0.1, 0.15) is 0 Å². The number of anilines is 1. The number of unbranched alkanes of at least 4 members (excludes halogenated alkanes) is 11. The minimum Gasteiger partial charge on any atom is -0.478 e. The zero-order chi connectivity index (χ0) is 18.9. The molecule has 0 radical (unpaired) electrons. The lowest BCUT2D eigenvalue weighted by atomic mass is 10.1. The average molecular weight is 360 g/mol. The van der Waals surface area contributed by atoms with Gasteiger partial charge in [-0.3, -0.25) is 0 Å². The third-order valence-corrected chi connectivity index (χ3v) is 4.69. The molecule has 1 rings (SSSR count). The van der Waals surface area contributed by atoms with Crippen molar-refractivity contribution in [2.75, 3.05) is 11.9 Å². The molecule has 146 valence electrons. The van der Waals surface area contributed by atoms with Crippen molar-refractivity contribution in [2.24, 2.45) is 0 Å². The van der Waals surface area contributed by atoms with E-state index in [9.17, 15) is 4.79 Å². The zero-order valence-electron chi connectivity index (χ0n) is 16.5.